The Morgan fingerprint density at radius 2 is 2.13 bits per heavy atom. The van der Waals surface area contributed by atoms with Crippen LogP contribution in [0.25, 0.3) is 0 Å². The lowest BCUT2D eigenvalue weighted by molar-refractivity contribution is 0.559. The SMILES string of the molecule is CCCC12CC1CCN2c1ccccc1. The molecule has 1 aromatic carbocycles. The van der Waals surface area contributed by atoms with E-state index >= 15 is 0 Å². The van der Waals surface area contributed by atoms with Crippen molar-refractivity contribution in [1.29, 1.82) is 0 Å². The highest BCUT2D eigenvalue weighted by Crippen LogP contribution is 2.59. The van der Waals surface area contributed by atoms with Crippen LogP contribution in [-0.4, -0.2) is 12.1 Å². The van der Waals surface area contributed by atoms with Gasteiger partial charge >= 0.3 is 0 Å². The van der Waals surface area contributed by atoms with Gasteiger partial charge in [0.1, 0.15) is 0 Å². The van der Waals surface area contributed by atoms with Gasteiger partial charge in [0.05, 0.1) is 0 Å². The zero-order valence-electron chi connectivity index (χ0n) is 9.45. The van der Waals surface area contributed by atoms with Crippen LogP contribution >= 0.6 is 0 Å². The average molecular weight is 201 g/mol. The molecule has 0 radical (unpaired) electrons. The van der Waals surface area contributed by atoms with Crippen LogP contribution in [-0.2, 0) is 0 Å². The number of benzene rings is 1. The lowest BCUT2D eigenvalue weighted by atomic mass is 10.1. The minimum atomic E-state index is 0.566. The monoisotopic (exact) mass is 201 g/mol. The lowest BCUT2D eigenvalue weighted by Crippen LogP contribution is -2.34. The summed E-state index contributed by atoms with van der Waals surface area (Å²) in [7, 11) is 0. The maximum absolute atomic E-state index is 2.67. The Bertz CT molecular complexity index is 346. The largest absolute Gasteiger partial charge is 0.366 e. The van der Waals surface area contributed by atoms with Crippen LogP contribution in [0.2, 0.25) is 0 Å². The second-order valence-corrected chi connectivity index (χ2v) is 5.03. The topological polar surface area (TPSA) is 3.24 Å². The molecule has 15 heavy (non-hydrogen) atoms. The van der Waals surface area contributed by atoms with Crippen molar-refractivity contribution in [2.24, 2.45) is 5.92 Å². The molecule has 1 heterocycles. The first-order chi connectivity index (χ1) is 7.37. The van der Waals surface area contributed by atoms with Crippen LogP contribution in [0.4, 0.5) is 5.69 Å². The molecule has 1 aliphatic heterocycles. The summed E-state index contributed by atoms with van der Waals surface area (Å²) in [5.41, 5.74) is 2.00. The molecule has 1 heteroatoms. The molecule has 0 bridgehead atoms. The molecule has 1 aromatic rings. The predicted octanol–water partition coefficient (Wildman–Crippen LogP) is 3.46. The van der Waals surface area contributed by atoms with E-state index in [4.69, 9.17) is 0 Å². The molecule has 1 nitrogen and oxygen atoms in total. The molecule has 0 N–H and O–H groups in total. The number of nitrogens with zero attached hydrogens (tertiary/aromatic N) is 1. The van der Waals surface area contributed by atoms with Crippen LogP contribution in [0.5, 0.6) is 0 Å². The van der Waals surface area contributed by atoms with Crippen molar-refractivity contribution < 1.29 is 0 Å². The summed E-state index contributed by atoms with van der Waals surface area (Å²) in [5.74, 6) is 0.998. The number of rotatable bonds is 3. The predicted molar refractivity (Wildman–Crippen MR) is 64.2 cm³/mol. The summed E-state index contributed by atoms with van der Waals surface area (Å²) in [6.07, 6.45) is 5.55. The van der Waals surface area contributed by atoms with E-state index in [2.05, 4.69) is 42.2 Å². The fourth-order valence-electron chi connectivity index (χ4n) is 3.44. The van der Waals surface area contributed by atoms with Crippen LogP contribution in [0.1, 0.15) is 32.6 Å². The summed E-state index contributed by atoms with van der Waals surface area (Å²) in [4.78, 5) is 2.67. The van der Waals surface area contributed by atoms with E-state index in [1.165, 1.54) is 37.9 Å². The van der Waals surface area contributed by atoms with Crippen molar-refractivity contribution in [3.8, 4) is 0 Å². The summed E-state index contributed by atoms with van der Waals surface area (Å²) in [6, 6.07) is 10.9. The minimum absolute atomic E-state index is 0.566. The van der Waals surface area contributed by atoms with Gasteiger partial charge < -0.3 is 4.90 Å². The van der Waals surface area contributed by atoms with Crippen molar-refractivity contribution in [2.45, 2.75) is 38.1 Å². The standard InChI is InChI=1S/C14H19N/c1-2-9-14-11-12(14)8-10-15(14)13-6-4-3-5-7-13/h3-7,12H,2,8-11H2,1H3. The summed E-state index contributed by atoms with van der Waals surface area (Å²) >= 11 is 0. The number of piperidine rings is 1. The third-order valence-electron chi connectivity index (χ3n) is 4.19. The molecule has 1 aliphatic carbocycles. The number of para-hydroxylation sites is 1. The third kappa shape index (κ3) is 1.29. The molecule has 0 amide bonds. The number of hydrogen-bond acceptors (Lipinski definition) is 1. The van der Waals surface area contributed by atoms with Gasteiger partial charge in [-0.15, -0.1) is 0 Å². The molecule has 2 atom stereocenters. The Hall–Kier alpha value is -0.980. The minimum Gasteiger partial charge on any atom is -0.366 e. The van der Waals surface area contributed by atoms with Gasteiger partial charge in [-0.3, -0.25) is 0 Å². The van der Waals surface area contributed by atoms with E-state index in [0.717, 1.165) is 5.92 Å². The Morgan fingerprint density at radius 3 is 2.80 bits per heavy atom. The van der Waals surface area contributed by atoms with Crippen LogP contribution in [0, 0.1) is 5.92 Å². The van der Waals surface area contributed by atoms with Gasteiger partial charge in [-0.25, -0.2) is 0 Å². The molecular weight excluding hydrogens is 182 g/mol. The van der Waals surface area contributed by atoms with Crippen LogP contribution in [0.15, 0.2) is 30.3 Å². The molecule has 1 saturated heterocycles. The molecule has 2 unspecified atom stereocenters. The van der Waals surface area contributed by atoms with Crippen molar-refractivity contribution >= 4 is 5.69 Å². The van der Waals surface area contributed by atoms with E-state index in [-0.39, 0.29) is 0 Å². The second-order valence-electron chi connectivity index (χ2n) is 5.03. The summed E-state index contributed by atoms with van der Waals surface area (Å²) in [5, 5.41) is 0. The number of fused-ring (bicyclic) bond motifs is 1. The van der Waals surface area contributed by atoms with E-state index in [1.54, 1.807) is 0 Å². The van der Waals surface area contributed by atoms with E-state index in [9.17, 15) is 0 Å². The van der Waals surface area contributed by atoms with Gasteiger partial charge in [0.15, 0.2) is 0 Å². The van der Waals surface area contributed by atoms with Crippen LogP contribution < -0.4 is 4.90 Å². The number of anilines is 1. The Labute approximate surface area is 92.1 Å². The Kier molecular flexibility index (Phi) is 2.01. The Morgan fingerprint density at radius 1 is 1.33 bits per heavy atom. The molecule has 0 aromatic heterocycles. The fraction of sp³-hybridized carbons (Fsp3) is 0.571. The molecule has 0 spiro atoms. The zero-order chi connectivity index (χ0) is 10.3. The quantitative estimate of drug-likeness (QED) is 0.724. The van der Waals surface area contributed by atoms with Crippen LogP contribution in [0.3, 0.4) is 0 Å². The van der Waals surface area contributed by atoms with E-state index in [1.807, 2.05) is 0 Å². The molecule has 3 rings (SSSR count). The van der Waals surface area contributed by atoms with Gasteiger partial charge in [0.2, 0.25) is 0 Å². The van der Waals surface area contributed by atoms with Gasteiger partial charge in [0.25, 0.3) is 0 Å². The molecular formula is C14H19N. The van der Waals surface area contributed by atoms with Gasteiger partial charge in [-0.2, -0.15) is 0 Å². The lowest BCUT2D eigenvalue weighted by Gasteiger charge is -2.30. The first kappa shape index (κ1) is 9.26. The maximum Gasteiger partial charge on any atom is 0.0435 e. The smallest absolute Gasteiger partial charge is 0.0435 e. The first-order valence-electron chi connectivity index (χ1n) is 6.19. The molecule has 1 saturated carbocycles. The normalized spacial score (nSPS) is 32.9. The van der Waals surface area contributed by atoms with Crippen molar-refractivity contribution in [2.75, 3.05) is 11.4 Å². The average Bonchev–Trinajstić information content (AvgIpc) is 2.86. The van der Waals surface area contributed by atoms with Gasteiger partial charge in [-0.05, 0) is 37.3 Å². The maximum atomic E-state index is 2.67. The van der Waals surface area contributed by atoms with Crippen molar-refractivity contribution in [1.82, 2.24) is 0 Å². The highest BCUT2D eigenvalue weighted by Gasteiger charge is 2.60. The highest BCUT2D eigenvalue weighted by atomic mass is 15.3. The fourth-order valence-corrected chi connectivity index (χ4v) is 3.44. The van der Waals surface area contributed by atoms with E-state index in [0.29, 0.717) is 5.54 Å². The summed E-state index contributed by atoms with van der Waals surface area (Å²) < 4.78 is 0. The van der Waals surface area contributed by atoms with Gasteiger partial charge in [-0.1, -0.05) is 31.5 Å². The second kappa shape index (κ2) is 3.26. The molecule has 80 valence electrons. The third-order valence-corrected chi connectivity index (χ3v) is 4.19. The zero-order valence-corrected chi connectivity index (χ0v) is 9.45. The summed E-state index contributed by atoms with van der Waals surface area (Å²) in [6.45, 7) is 3.58. The van der Waals surface area contributed by atoms with E-state index < -0.39 is 0 Å². The van der Waals surface area contributed by atoms with Crippen molar-refractivity contribution in [3.63, 3.8) is 0 Å². The first-order valence-corrected chi connectivity index (χ1v) is 6.19. The molecule has 2 aliphatic rings. The van der Waals surface area contributed by atoms with Gasteiger partial charge in [0, 0.05) is 17.8 Å². The highest BCUT2D eigenvalue weighted by molar-refractivity contribution is 5.53. The number of hydrogen-bond donors (Lipinski definition) is 0. The Balaban J connectivity index is 1.88. The van der Waals surface area contributed by atoms with Crippen molar-refractivity contribution in [3.05, 3.63) is 30.3 Å². The molecule has 2 fully saturated rings.